The zero-order chi connectivity index (χ0) is 11.9. The van der Waals surface area contributed by atoms with E-state index in [1.165, 1.54) is 7.11 Å². The molecule has 0 aliphatic carbocycles. The fraction of sp³-hybridized carbons (Fsp3) is 0.857. The summed E-state index contributed by atoms with van der Waals surface area (Å²) in [4.78, 5) is 0. The second-order valence-corrected chi connectivity index (χ2v) is 4.79. The van der Waals surface area contributed by atoms with Crippen LogP contribution in [0.4, 0.5) is 0 Å². The number of nitrogens with one attached hydrogen (secondary N) is 1. The molecule has 0 spiro atoms. The van der Waals surface area contributed by atoms with Crippen molar-refractivity contribution in [1.82, 2.24) is 4.72 Å². The molecule has 0 rings (SSSR count). The highest BCUT2D eigenvalue weighted by atomic mass is 32.2. The number of hydrogen-bond donors (Lipinski definition) is 3. The Morgan fingerprint density at radius 3 is 2.67 bits per heavy atom. The normalized spacial score (nSPS) is 15.2. The van der Waals surface area contributed by atoms with E-state index in [0.717, 1.165) is 0 Å². The van der Waals surface area contributed by atoms with Crippen LogP contribution >= 0.6 is 0 Å². The lowest BCUT2D eigenvalue weighted by Gasteiger charge is -2.15. The molecule has 15 heavy (non-hydrogen) atoms. The van der Waals surface area contributed by atoms with Gasteiger partial charge in [0.15, 0.2) is 5.84 Å². The fourth-order valence-corrected chi connectivity index (χ4v) is 2.12. The first-order valence-electron chi connectivity index (χ1n) is 4.43. The lowest BCUT2D eigenvalue weighted by atomic mass is 10.2. The number of nitrogens with two attached hydrogens (primary N) is 1. The van der Waals surface area contributed by atoms with Crippen molar-refractivity contribution >= 4 is 15.9 Å². The summed E-state index contributed by atoms with van der Waals surface area (Å²) < 4.78 is 29.7. The Morgan fingerprint density at radius 2 is 2.27 bits per heavy atom. The van der Waals surface area contributed by atoms with Crippen LogP contribution in [0, 0.1) is 0 Å². The second-order valence-electron chi connectivity index (χ2n) is 2.92. The largest absolute Gasteiger partial charge is 0.409 e. The third-order valence-corrected chi connectivity index (χ3v) is 3.11. The van der Waals surface area contributed by atoms with Gasteiger partial charge < -0.3 is 15.7 Å². The van der Waals surface area contributed by atoms with Crippen molar-refractivity contribution in [2.75, 3.05) is 19.5 Å². The first-order valence-corrected chi connectivity index (χ1v) is 6.08. The minimum atomic E-state index is -3.46. The highest BCUT2D eigenvalue weighted by Crippen LogP contribution is 1.95. The molecule has 0 aromatic heterocycles. The molecule has 0 fully saturated rings. The van der Waals surface area contributed by atoms with Crippen LogP contribution in [0.25, 0.3) is 0 Å². The van der Waals surface area contributed by atoms with Gasteiger partial charge in [0.1, 0.15) is 0 Å². The van der Waals surface area contributed by atoms with Crippen LogP contribution in [-0.2, 0) is 14.8 Å². The van der Waals surface area contributed by atoms with Crippen LogP contribution in [-0.4, -0.2) is 45.0 Å². The van der Waals surface area contributed by atoms with E-state index in [9.17, 15) is 8.42 Å². The van der Waals surface area contributed by atoms with Gasteiger partial charge in [-0.1, -0.05) is 12.1 Å². The Hall–Kier alpha value is -0.860. The molecule has 1 atom stereocenters. The van der Waals surface area contributed by atoms with Crippen LogP contribution in [0.5, 0.6) is 0 Å². The number of oxime groups is 1. The van der Waals surface area contributed by atoms with E-state index in [2.05, 4.69) is 14.6 Å². The third kappa shape index (κ3) is 5.55. The van der Waals surface area contributed by atoms with Gasteiger partial charge in [0.2, 0.25) is 10.0 Å². The van der Waals surface area contributed by atoms with Gasteiger partial charge in [-0.3, -0.25) is 0 Å². The van der Waals surface area contributed by atoms with Gasteiger partial charge in [-0.2, -0.15) is 0 Å². The van der Waals surface area contributed by atoms with E-state index < -0.39 is 16.1 Å². The summed E-state index contributed by atoms with van der Waals surface area (Å²) in [5, 5.41) is 11.2. The topological polar surface area (TPSA) is 114 Å². The molecule has 0 aliphatic rings. The van der Waals surface area contributed by atoms with Crippen molar-refractivity contribution in [3.8, 4) is 0 Å². The molecule has 0 aliphatic heterocycles. The summed E-state index contributed by atoms with van der Waals surface area (Å²) >= 11 is 0. The Bertz CT molecular complexity index is 301. The maximum absolute atomic E-state index is 11.4. The van der Waals surface area contributed by atoms with Crippen LogP contribution in [0.1, 0.15) is 13.3 Å². The maximum Gasteiger partial charge on any atom is 0.214 e. The van der Waals surface area contributed by atoms with Gasteiger partial charge >= 0.3 is 0 Å². The average Bonchev–Trinajstić information content (AvgIpc) is 2.22. The van der Waals surface area contributed by atoms with E-state index in [0.29, 0.717) is 6.42 Å². The third-order valence-electron chi connectivity index (χ3n) is 1.76. The molecule has 0 aromatic rings. The standard InChI is InChI=1S/C7H17N3O4S/c1-3-6(7(8)9-11)10-15(12,13)5-4-14-2/h6,10-11H,3-5H2,1-2H3,(H2,8,9). The minimum absolute atomic E-state index is 0.0991. The number of hydrogen-bond acceptors (Lipinski definition) is 5. The summed E-state index contributed by atoms with van der Waals surface area (Å²) in [7, 11) is -2.04. The second kappa shape index (κ2) is 6.59. The average molecular weight is 239 g/mol. The lowest BCUT2D eigenvalue weighted by molar-refractivity contribution is 0.217. The van der Waals surface area contributed by atoms with Gasteiger partial charge in [-0.15, -0.1) is 0 Å². The van der Waals surface area contributed by atoms with Crippen molar-refractivity contribution in [3.05, 3.63) is 0 Å². The predicted octanol–water partition coefficient (Wildman–Crippen LogP) is -0.923. The van der Waals surface area contributed by atoms with Crippen molar-refractivity contribution in [3.63, 3.8) is 0 Å². The van der Waals surface area contributed by atoms with Gasteiger partial charge in [-0.25, -0.2) is 13.1 Å². The Labute approximate surface area is 89.3 Å². The van der Waals surface area contributed by atoms with Crippen LogP contribution in [0.15, 0.2) is 5.16 Å². The number of rotatable bonds is 7. The van der Waals surface area contributed by atoms with Gasteiger partial charge in [0.25, 0.3) is 0 Å². The SMILES string of the molecule is CCC(NS(=O)(=O)CCOC)C(N)=NO. The molecular formula is C7H17N3O4S. The summed E-state index contributed by atoms with van der Waals surface area (Å²) in [6.45, 7) is 1.82. The number of amidine groups is 1. The number of ether oxygens (including phenoxy) is 1. The number of nitrogens with zero attached hydrogens (tertiary/aromatic N) is 1. The smallest absolute Gasteiger partial charge is 0.214 e. The van der Waals surface area contributed by atoms with E-state index in [4.69, 9.17) is 10.9 Å². The zero-order valence-corrected chi connectivity index (χ0v) is 9.62. The molecule has 0 radical (unpaired) electrons. The highest BCUT2D eigenvalue weighted by Gasteiger charge is 2.19. The van der Waals surface area contributed by atoms with Gasteiger partial charge in [0.05, 0.1) is 18.4 Å². The predicted molar refractivity (Wildman–Crippen MR) is 56.3 cm³/mol. The molecule has 0 aromatic carbocycles. The number of sulfonamides is 1. The summed E-state index contributed by atoms with van der Waals surface area (Å²) in [5.74, 6) is -0.308. The summed E-state index contributed by atoms with van der Waals surface area (Å²) in [6, 6.07) is -0.683. The van der Waals surface area contributed by atoms with Gasteiger partial charge in [-0.05, 0) is 6.42 Å². The molecule has 0 heterocycles. The van der Waals surface area contributed by atoms with Crippen LogP contribution in [0.3, 0.4) is 0 Å². The van der Waals surface area contributed by atoms with Crippen molar-refractivity contribution in [1.29, 1.82) is 0 Å². The molecule has 1 unspecified atom stereocenters. The van der Waals surface area contributed by atoms with Crippen molar-refractivity contribution < 1.29 is 18.4 Å². The fourth-order valence-electron chi connectivity index (χ4n) is 0.891. The monoisotopic (exact) mass is 239 g/mol. The Kier molecular flexibility index (Phi) is 6.21. The van der Waals surface area contributed by atoms with Crippen molar-refractivity contribution in [2.24, 2.45) is 10.9 Å². The lowest BCUT2D eigenvalue weighted by Crippen LogP contribution is -2.45. The quantitative estimate of drug-likeness (QED) is 0.230. The Balaban J connectivity index is 4.41. The molecule has 0 saturated heterocycles. The molecule has 4 N–H and O–H groups in total. The minimum Gasteiger partial charge on any atom is -0.409 e. The molecule has 0 bridgehead atoms. The van der Waals surface area contributed by atoms with E-state index in [1.54, 1.807) is 6.92 Å². The zero-order valence-electron chi connectivity index (χ0n) is 8.80. The van der Waals surface area contributed by atoms with Crippen molar-refractivity contribution in [2.45, 2.75) is 19.4 Å². The van der Waals surface area contributed by atoms with E-state index in [-0.39, 0.29) is 18.2 Å². The van der Waals surface area contributed by atoms with Crippen LogP contribution in [0.2, 0.25) is 0 Å². The molecular weight excluding hydrogens is 222 g/mol. The Morgan fingerprint density at radius 1 is 1.67 bits per heavy atom. The van der Waals surface area contributed by atoms with E-state index >= 15 is 0 Å². The molecule has 0 saturated carbocycles. The molecule has 8 heteroatoms. The highest BCUT2D eigenvalue weighted by molar-refractivity contribution is 7.89. The first kappa shape index (κ1) is 14.1. The molecule has 0 amide bonds. The van der Waals surface area contributed by atoms with Gasteiger partial charge in [0, 0.05) is 7.11 Å². The molecule has 90 valence electrons. The maximum atomic E-state index is 11.4. The van der Waals surface area contributed by atoms with Crippen LogP contribution < -0.4 is 10.5 Å². The first-order chi connectivity index (χ1) is 6.96. The molecule has 7 nitrogen and oxygen atoms in total. The van der Waals surface area contributed by atoms with E-state index in [1.807, 2.05) is 0 Å². The summed E-state index contributed by atoms with van der Waals surface area (Å²) in [5.41, 5.74) is 5.31. The summed E-state index contributed by atoms with van der Waals surface area (Å²) in [6.07, 6.45) is 0.405. The number of methoxy groups -OCH3 is 1.